The third-order valence-electron chi connectivity index (χ3n) is 3.91. The molecule has 1 heterocycles. The summed E-state index contributed by atoms with van der Waals surface area (Å²) in [5.74, 6) is -0.490. The number of ether oxygens (including phenoxy) is 2. The van der Waals surface area contributed by atoms with E-state index in [1.807, 2.05) is 0 Å². The van der Waals surface area contributed by atoms with Gasteiger partial charge in [0, 0.05) is 4.47 Å². The Morgan fingerprint density at radius 3 is 2.26 bits per heavy atom. The molecule has 1 fully saturated rings. The molecule has 4 amide bonds. The molecule has 3 rings (SSSR count). The van der Waals surface area contributed by atoms with Gasteiger partial charge in [0.25, 0.3) is 11.8 Å². The fourth-order valence-corrected chi connectivity index (χ4v) is 2.86. The van der Waals surface area contributed by atoms with Gasteiger partial charge in [0.15, 0.2) is 11.5 Å². The molecule has 0 saturated carbocycles. The molecule has 0 aromatic heterocycles. The minimum absolute atomic E-state index is 0.162. The van der Waals surface area contributed by atoms with Crippen LogP contribution in [0, 0.1) is 0 Å². The van der Waals surface area contributed by atoms with E-state index in [1.165, 1.54) is 20.3 Å². The Morgan fingerprint density at radius 1 is 0.963 bits per heavy atom. The Hall–Kier alpha value is -3.13. The van der Waals surface area contributed by atoms with Crippen LogP contribution >= 0.6 is 15.9 Å². The van der Waals surface area contributed by atoms with Crippen LogP contribution in [0.15, 0.2) is 52.5 Å². The van der Waals surface area contributed by atoms with Crippen molar-refractivity contribution in [3.05, 3.63) is 58.1 Å². The number of hydrogen-bond donors (Lipinski definition) is 1. The zero-order valence-corrected chi connectivity index (χ0v) is 16.1. The maximum absolute atomic E-state index is 12.8. The smallest absolute Gasteiger partial charge is 0.335 e. The molecule has 2 aromatic rings. The molecule has 8 heteroatoms. The molecular formula is C19H15BrN2O5. The molecule has 0 bridgehead atoms. The predicted molar refractivity (Wildman–Crippen MR) is 103 cm³/mol. The topological polar surface area (TPSA) is 84.9 Å². The Bertz CT molecular complexity index is 953. The van der Waals surface area contributed by atoms with Gasteiger partial charge in [0.2, 0.25) is 0 Å². The van der Waals surface area contributed by atoms with E-state index >= 15 is 0 Å². The maximum atomic E-state index is 12.8. The second kappa shape index (κ2) is 7.63. The SMILES string of the molecule is COc1ccc(/C=C2/C(=O)NC(=O)N(c3ccc(Br)cc3)C2=O)cc1OC. The number of hydrogen-bond acceptors (Lipinski definition) is 5. The molecule has 0 spiro atoms. The van der Waals surface area contributed by atoms with Crippen LogP contribution in [0.4, 0.5) is 10.5 Å². The van der Waals surface area contributed by atoms with Gasteiger partial charge in [-0.15, -0.1) is 0 Å². The first-order valence-corrected chi connectivity index (χ1v) is 8.63. The second-order valence-corrected chi connectivity index (χ2v) is 6.46. The van der Waals surface area contributed by atoms with Crippen LogP contribution in [0.3, 0.4) is 0 Å². The number of nitrogens with one attached hydrogen (secondary N) is 1. The Morgan fingerprint density at radius 2 is 1.63 bits per heavy atom. The Balaban J connectivity index is 2.00. The minimum Gasteiger partial charge on any atom is -0.493 e. The number of nitrogens with zero attached hydrogens (tertiary/aromatic N) is 1. The number of rotatable bonds is 4. The predicted octanol–water partition coefficient (Wildman–Crippen LogP) is 3.13. The van der Waals surface area contributed by atoms with Crippen LogP contribution in [-0.4, -0.2) is 32.1 Å². The zero-order valence-electron chi connectivity index (χ0n) is 14.5. The summed E-state index contributed by atoms with van der Waals surface area (Å²) in [7, 11) is 3.00. The van der Waals surface area contributed by atoms with Crippen molar-refractivity contribution in [1.29, 1.82) is 0 Å². The highest BCUT2D eigenvalue weighted by atomic mass is 79.9. The molecule has 1 saturated heterocycles. The monoisotopic (exact) mass is 430 g/mol. The summed E-state index contributed by atoms with van der Waals surface area (Å²) in [6.45, 7) is 0. The maximum Gasteiger partial charge on any atom is 0.335 e. The molecule has 2 aromatic carbocycles. The Labute approximate surface area is 163 Å². The normalized spacial score (nSPS) is 15.7. The highest BCUT2D eigenvalue weighted by Crippen LogP contribution is 2.29. The molecule has 1 aliphatic heterocycles. The number of benzene rings is 2. The van der Waals surface area contributed by atoms with Gasteiger partial charge in [-0.1, -0.05) is 22.0 Å². The molecule has 0 unspecified atom stereocenters. The highest BCUT2D eigenvalue weighted by Gasteiger charge is 2.36. The molecule has 0 atom stereocenters. The first kappa shape index (κ1) is 18.7. The van der Waals surface area contributed by atoms with Gasteiger partial charge in [-0.2, -0.15) is 0 Å². The van der Waals surface area contributed by atoms with Crippen molar-refractivity contribution < 1.29 is 23.9 Å². The number of carbonyl (C=O) groups is 3. The number of carbonyl (C=O) groups excluding carboxylic acids is 3. The van der Waals surface area contributed by atoms with Crippen molar-refractivity contribution in [2.45, 2.75) is 0 Å². The van der Waals surface area contributed by atoms with Gasteiger partial charge >= 0.3 is 6.03 Å². The third-order valence-corrected chi connectivity index (χ3v) is 4.43. The summed E-state index contributed by atoms with van der Waals surface area (Å²) >= 11 is 3.30. The highest BCUT2D eigenvalue weighted by molar-refractivity contribution is 9.10. The lowest BCUT2D eigenvalue weighted by molar-refractivity contribution is -0.122. The minimum atomic E-state index is -0.795. The van der Waals surface area contributed by atoms with E-state index < -0.39 is 17.8 Å². The molecule has 7 nitrogen and oxygen atoms in total. The summed E-state index contributed by atoms with van der Waals surface area (Å²) in [5, 5.41) is 2.19. The van der Waals surface area contributed by atoms with E-state index in [0.29, 0.717) is 22.7 Å². The summed E-state index contributed by atoms with van der Waals surface area (Å²) in [4.78, 5) is 38.1. The molecule has 1 N–H and O–H groups in total. The van der Waals surface area contributed by atoms with Crippen LogP contribution in [0.2, 0.25) is 0 Å². The zero-order chi connectivity index (χ0) is 19.6. The van der Waals surface area contributed by atoms with Crippen molar-refractivity contribution in [3.63, 3.8) is 0 Å². The molecular weight excluding hydrogens is 416 g/mol. The van der Waals surface area contributed by atoms with Crippen LogP contribution in [0.1, 0.15) is 5.56 Å². The number of barbiturate groups is 1. The standard InChI is InChI=1S/C19H15BrN2O5/c1-26-15-8-3-11(10-16(15)27-2)9-14-17(23)21-19(25)22(18(14)24)13-6-4-12(20)5-7-13/h3-10H,1-2H3,(H,21,23,25)/b14-9-. The summed E-state index contributed by atoms with van der Waals surface area (Å²) in [5.41, 5.74) is 0.743. The van der Waals surface area contributed by atoms with Crippen LogP contribution < -0.4 is 19.7 Å². The van der Waals surface area contributed by atoms with Crippen LogP contribution in [0.5, 0.6) is 11.5 Å². The van der Waals surface area contributed by atoms with E-state index in [-0.39, 0.29) is 5.57 Å². The second-order valence-electron chi connectivity index (χ2n) is 5.55. The van der Waals surface area contributed by atoms with E-state index in [2.05, 4.69) is 21.2 Å². The molecule has 27 heavy (non-hydrogen) atoms. The summed E-state index contributed by atoms with van der Waals surface area (Å²) < 4.78 is 11.2. The van der Waals surface area contributed by atoms with E-state index in [9.17, 15) is 14.4 Å². The van der Waals surface area contributed by atoms with Gasteiger partial charge < -0.3 is 9.47 Å². The number of amides is 4. The van der Waals surface area contributed by atoms with E-state index in [1.54, 1.807) is 42.5 Å². The van der Waals surface area contributed by atoms with Gasteiger partial charge in [-0.25, -0.2) is 9.69 Å². The van der Waals surface area contributed by atoms with Gasteiger partial charge in [-0.3, -0.25) is 14.9 Å². The lowest BCUT2D eigenvalue weighted by Crippen LogP contribution is -2.54. The quantitative estimate of drug-likeness (QED) is 0.594. The average Bonchev–Trinajstić information content (AvgIpc) is 2.66. The number of urea groups is 1. The van der Waals surface area contributed by atoms with E-state index in [4.69, 9.17) is 9.47 Å². The van der Waals surface area contributed by atoms with Gasteiger partial charge in [0.1, 0.15) is 5.57 Å². The van der Waals surface area contributed by atoms with Crippen molar-refractivity contribution in [1.82, 2.24) is 5.32 Å². The van der Waals surface area contributed by atoms with Gasteiger partial charge in [-0.05, 0) is 48.0 Å². The first-order valence-electron chi connectivity index (χ1n) is 7.83. The van der Waals surface area contributed by atoms with Crippen LogP contribution in [0.25, 0.3) is 6.08 Å². The number of imide groups is 2. The van der Waals surface area contributed by atoms with E-state index in [0.717, 1.165) is 9.37 Å². The molecule has 0 radical (unpaired) electrons. The molecule has 1 aliphatic rings. The molecule has 0 aliphatic carbocycles. The number of halogens is 1. The lowest BCUT2D eigenvalue weighted by Gasteiger charge is -2.26. The Kier molecular flexibility index (Phi) is 5.27. The van der Waals surface area contributed by atoms with Crippen molar-refractivity contribution >= 4 is 45.5 Å². The fourth-order valence-electron chi connectivity index (χ4n) is 2.59. The van der Waals surface area contributed by atoms with Crippen molar-refractivity contribution in [3.8, 4) is 11.5 Å². The summed E-state index contributed by atoms with van der Waals surface area (Å²) in [6, 6.07) is 10.8. The average molecular weight is 431 g/mol. The van der Waals surface area contributed by atoms with Crippen molar-refractivity contribution in [2.75, 3.05) is 19.1 Å². The fraction of sp³-hybridized carbons (Fsp3) is 0.105. The van der Waals surface area contributed by atoms with Gasteiger partial charge in [0.05, 0.1) is 19.9 Å². The van der Waals surface area contributed by atoms with Crippen molar-refractivity contribution in [2.24, 2.45) is 0 Å². The number of anilines is 1. The van der Waals surface area contributed by atoms with Crippen LogP contribution in [-0.2, 0) is 9.59 Å². The largest absolute Gasteiger partial charge is 0.493 e. The third kappa shape index (κ3) is 3.70. The lowest BCUT2D eigenvalue weighted by atomic mass is 10.1. The first-order chi connectivity index (χ1) is 12.9. The molecule has 138 valence electrons. The number of methoxy groups -OCH3 is 2. The summed E-state index contributed by atoms with van der Waals surface area (Å²) in [6.07, 6.45) is 1.40.